The van der Waals surface area contributed by atoms with Crippen LogP contribution in [0.15, 0.2) is 24.3 Å². The fraction of sp³-hybridized carbons (Fsp3) is 0.526. The molecule has 1 aliphatic rings. The maximum absolute atomic E-state index is 12.5. The van der Waals surface area contributed by atoms with Crippen LogP contribution in [0.5, 0.6) is 0 Å². The van der Waals surface area contributed by atoms with Gasteiger partial charge in [0.1, 0.15) is 0 Å². The molecule has 0 spiro atoms. The summed E-state index contributed by atoms with van der Waals surface area (Å²) < 4.78 is 0. The van der Waals surface area contributed by atoms with Crippen molar-refractivity contribution in [3.05, 3.63) is 35.4 Å². The molecule has 0 bridgehead atoms. The first kappa shape index (κ1) is 18.2. The fourth-order valence-corrected chi connectivity index (χ4v) is 2.96. The van der Waals surface area contributed by atoms with E-state index in [1.54, 1.807) is 17.0 Å². The Hall–Kier alpha value is -2.17. The van der Waals surface area contributed by atoms with E-state index in [0.717, 1.165) is 18.4 Å². The van der Waals surface area contributed by atoms with Crippen LogP contribution >= 0.6 is 0 Å². The number of nitrogens with one attached hydrogen (secondary N) is 1. The molecular formula is C19H26N2O3. The Morgan fingerprint density at radius 1 is 1.12 bits per heavy atom. The van der Waals surface area contributed by atoms with Gasteiger partial charge >= 0.3 is 0 Å². The van der Waals surface area contributed by atoms with Gasteiger partial charge in [0.15, 0.2) is 0 Å². The zero-order valence-corrected chi connectivity index (χ0v) is 14.9. The molecule has 1 atom stereocenters. The Morgan fingerprint density at radius 3 is 2.29 bits per heavy atom. The summed E-state index contributed by atoms with van der Waals surface area (Å²) in [5.41, 5.74) is 1.54. The second-order valence-corrected chi connectivity index (χ2v) is 7.45. The highest BCUT2D eigenvalue weighted by Gasteiger charge is 2.29. The van der Waals surface area contributed by atoms with E-state index in [-0.39, 0.29) is 17.4 Å². The maximum Gasteiger partial charge on any atom is 0.295 e. The van der Waals surface area contributed by atoms with Crippen molar-refractivity contribution in [3.8, 4) is 0 Å². The van der Waals surface area contributed by atoms with Crippen LogP contribution in [0.4, 0.5) is 0 Å². The van der Waals surface area contributed by atoms with E-state index < -0.39 is 11.7 Å². The van der Waals surface area contributed by atoms with Crippen LogP contribution in [-0.2, 0) is 15.0 Å². The Morgan fingerprint density at radius 2 is 1.75 bits per heavy atom. The van der Waals surface area contributed by atoms with Gasteiger partial charge in [0.2, 0.25) is 11.7 Å². The lowest BCUT2D eigenvalue weighted by Crippen LogP contribution is -2.50. The monoisotopic (exact) mass is 330 g/mol. The van der Waals surface area contributed by atoms with Crippen molar-refractivity contribution in [1.29, 1.82) is 0 Å². The van der Waals surface area contributed by atoms with Gasteiger partial charge in [-0.05, 0) is 23.8 Å². The van der Waals surface area contributed by atoms with E-state index in [0.29, 0.717) is 18.7 Å². The highest BCUT2D eigenvalue weighted by atomic mass is 16.2. The van der Waals surface area contributed by atoms with E-state index in [1.807, 2.05) is 12.1 Å². The molecule has 2 amide bonds. The zero-order valence-electron chi connectivity index (χ0n) is 14.9. The number of benzene rings is 1. The Balaban J connectivity index is 2.06. The van der Waals surface area contributed by atoms with Gasteiger partial charge in [-0.3, -0.25) is 14.4 Å². The molecule has 1 heterocycles. The topological polar surface area (TPSA) is 66.5 Å². The van der Waals surface area contributed by atoms with Crippen molar-refractivity contribution in [2.24, 2.45) is 0 Å². The third kappa shape index (κ3) is 4.43. The van der Waals surface area contributed by atoms with Gasteiger partial charge in [0.05, 0.1) is 0 Å². The molecule has 0 unspecified atom stereocenters. The van der Waals surface area contributed by atoms with Crippen LogP contribution in [-0.4, -0.2) is 41.6 Å². The summed E-state index contributed by atoms with van der Waals surface area (Å²) in [5, 5.41) is 2.83. The van der Waals surface area contributed by atoms with Crippen molar-refractivity contribution in [2.75, 3.05) is 13.1 Å². The van der Waals surface area contributed by atoms with E-state index in [9.17, 15) is 14.4 Å². The zero-order chi connectivity index (χ0) is 17.9. The van der Waals surface area contributed by atoms with Gasteiger partial charge in [-0.2, -0.15) is 0 Å². The van der Waals surface area contributed by atoms with Crippen molar-refractivity contribution in [1.82, 2.24) is 10.2 Å². The minimum Gasteiger partial charge on any atom is -0.352 e. The Bertz CT molecular complexity index is 629. The van der Waals surface area contributed by atoms with Crippen LogP contribution in [0.2, 0.25) is 0 Å². The number of Topliss-reactive ketones (excluding diaryl/α,β-unsaturated/α-hetero) is 1. The Kier molecular flexibility index (Phi) is 5.42. The molecule has 0 aromatic heterocycles. The smallest absolute Gasteiger partial charge is 0.295 e. The van der Waals surface area contributed by atoms with E-state index in [1.165, 1.54) is 6.92 Å². The number of ketones is 1. The van der Waals surface area contributed by atoms with Crippen LogP contribution in [0, 0.1) is 0 Å². The summed E-state index contributed by atoms with van der Waals surface area (Å²) in [7, 11) is 0. The number of rotatable bonds is 3. The lowest BCUT2D eigenvalue weighted by atomic mass is 9.86. The predicted molar refractivity (Wildman–Crippen MR) is 92.9 cm³/mol. The molecule has 1 saturated heterocycles. The number of nitrogens with zero attached hydrogens (tertiary/aromatic N) is 1. The molecular weight excluding hydrogens is 304 g/mol. The molecule has 0 saturated carbocycles. The summed E-state index contributed by atoms with van der Waals surface area (Å²) in [6.07, 6.45) is 1.62. The molecule has 1 fully saturated rings. The van der Waals surface area contributed by atoms with Crippen molar-refractivity contribution in [2.45, 2.75) is 52.0 Å². The van der Waals surface area contributed by atoms with Crippen LogP contribution in [0.3, 0.4) is 0 Å². The average Bonchev–Trinajstić information content (AvgIpc) is 2.52. The van der Waals surface area contributed by atoms with E-state index in [2.05, 4.69) is 26.1 Å². The lowest BCUT2D eigenvalue weighted by molar-refractivity contribution is -0.129. The number of hydrogen-bond acceptors (Lipinski definition) is 3. The van der Waals surface area contributed by atoms with Crippen molar-refractivity contribution < 1.29 is 14.4 Å². The normalized spacial score (nSPS) is 18.2. The highest BCUT2D eigenvalue weighted by molar-refractivity contribution is 6.42. The number of carbonyl (C=O) groups is 3. The third-order valence-electron chi connectivity index (χ3n) is 4.32. The Labute approximate surface area is 143 Å². The number of carbonyl (C=O) groups excluding carboxylic acids is 3. The number of amides is 2. The fourth-order valence-electron chi connectivity index (χ4n) is 2.96. The molecule has 5 heteroatoms. The van der Waals surface area contributed by atoms with Crippen molar-refractivity contribution in [3.63, 3.8) is 0 Å². The van der Waals surface area contributed by atoms with Gasteiger partial charge in [-0.1, -0.05) is 45.0 Å². The molecule has 1 aromatic carbocycles. The first-order chi connectivity index (χ1) is 11.2. The maximum atomic E-state index is 12.5. The van der Waals surface area contributed by atoms with Gasteiger partial charge in [-0.25, -0.2) is 0 Å². The average molecular weight is 330 g/mol. The van der Waals surface area contributed by atoms with Crippen LogP contribution in [0.1, 0.15) is 56.5 Å². The van der Waals surface area contributed by atoms with Gasteiger partial charge in [-0.15, -0.1) is 0 Å². The molecule has 130 valence electrons. The summed E-state index contributed by atoms with van der Waals surface area (Å²) in [5.74, 6) is -1.09. The predicted octanol–water partition coefficient (Wildman–Crippen LogP) is 2.29. The van der Waals surface area contributed by atoms with Gasteiger partial charge < -0.3 is 10.2 Å². The molecule has 2 rings (SSSR count). The van der Waals surface area contributed by atoms with E-state index >= 15 is 0 Å². The molecule has 0 radical (unpaired) electrons. The summed E-state index contributed by atoms with van der Waals surface area (Å²) in [6, 6.07) is 7.16. The van der Waals surface area contributed by atoms with E-state index in [4.69, 9.17) is 0 Å². The summed E-state index contributed by atoms with van der Waals surface area (Å²) in [4.78, 5) is 37.7. The highest BCUT2D eigenvalue weighted by Crippen LogP contribution is 2.22. The summed E-state index contributed by atoms with van der Waals surface area (Å²) in [6.45, 7) is 8.72. The minimum absolute atomic E-state index is 0.00401. The third-order valence-corrected chi connectivity index (χ3v) is 4.32. The lowest BCUT2D eigenvalue weighted by Gasteiger charge is -2.32. The largest absolute Gasteiger partial charge is 0.352 e. The second kappa shape index (κ2) is 7.16. The quantitative estimate of drug-likeness (QED) is 0.683. The standard InChI is InChI=1S/C19H26N2O3/c1-13(22)20-16-6-5-11-21(12-16)18(24)17(23)14-7-9-15(10-8-14)19(2,3)4/h7-10,16H,5-6,11-12H2,1-4H3,(H,20,22)/t16-/m1/s1. The van der Waals surface area contributed by atoms with Crippen LogP contribution < -0.4 is 5.32 Å². The van der Waals surface area contributed by atoms with Crippen molar-refractivity contribution >= 4 is 17.6 Å². The molecule has 1 aliphatic heterocycles. The SMILES string of the molecule is CC(=O)N[C@@H]1CCCN(C(=O)C(=O)c2ccc(C(C)(C)C)cc2)C1. The number of likely N-dealkylation sites (tertiary alicyclic amines) is 1. The minimum atomic E-state index is -0.492. The van der Waals surface area contributed by atoms with Gasteiger partial charge in [0, 0.05) is 31.6 Å². The number of hydrogen-bond donors (Lipinski definition) is 1. The molecule has 1 aromatic rings. The first-order valence-corrected chi connectivity index (χ1v) is 8.39. The number of piperidine rings is 1. The molecule has 24 heavy (non-hydrogen) atoms. The van der Waals surface area contributed by atoms with Crippen LogP contribution in [0.25, 0.3) is 0 Å². The second-order valence-electron chi connectivity index (χ2n) is 7.45. The summed E-state index contributed by atoms with van der Waals surface area (Å²) >= 11 is 0. The molecule has 5 nitrogen and oxygen atoms in total. The molecule has 0 aliphatic carbocycles. The first-order valence-electron chi connectivity index (χ1n) is 8.39. The van der Waals surface area contributed by atoms with Gasteiger partial charge in [0.25, 0.3) is 5.91 Å². The molecule has 1 N–H and O–H groups in total.